The van der Waals surface area contributed by atoms with Gasteiger partial charge >= 0.3 is 0 Å². The van der Waals surface area contributed by atoms with Crippen LogP contribution in [0.2, 0.25) is 0 Å². The molecule has 1 aromatic carbocycles. The van der Waals surface area contributed by atoms with Gasteiger partial charge in [0.2, 0.25) is 0 Å². The zero-order valence-electron chi connectivity index (χ0n) is 10.7. The van der Waals surface area contributed by atoms with Gasteiger partial charge in [-0.25, -0.2) is 4.39 Å². The predicted molar refractivity (Wildman–Crippen MR) is 69.1 cm³/mol. The van der Waals surface area contributed by atoms with E-state index in [9.17, 15) is 19.3 Å². The first kappa shape index (κ1) is 13.7. The quantitative estimate of drug-likeness (QED) is 0.664. The van der Waals surface area contributed by atoms with Crippen molar-refractivity contribution in [3.63, 3.8) is 0 Å². The van der Waals surface area contributed by atoms with Crippen LogP contribution in [0, 0.1) is 29.8 Å². The number of aryl methyl sites for hydroxylation is 2. The van der Waals surface area contributed by atoms with Crippen LogP contribution in [0.4, 0.5) is 15.8 Å². The molecule has 0 aliphatic rings. The number of carbonyl (C=O) groups is 1. The van der Waals surface area contributed by atoms with Crippen molar-refractivity contribution in [2.45, 2.75) is 13.8 Å². The minimum absolute atomic E-state index is 0.212. The molecule has 0 bridgehead atoms. The number of halogens is 1. The number of H-pyrrole nitrogens is 1. The molecule has 0 spiro atoms. The molecule has 8 heteroatoms. The van der Waals surface area contributed by atoms with Crippen molar-refractivity contribution in [3.05, 3.63) is 51.1 Å². The Balaban J connectivity index is 2.37. The molecule has 20 heavy (non-hydrogen) atoms. The number of hydrogen-bond acceptors (Lipinski definition) is 4. The van der Waals surface area contributed by atoms with Crippen LogP contribution < -0.4 is 5.32 Å². The van der Waals surface area contributed by atoms with Gasteiger partial charge in [-0.3, -0.25) is 20.0 Å². The molecule has 0 unspecified atom stereocenters. The van der Waals surface area contributed by atoms with E-state index in [1.165, 1.54) is 0 Å². The van der Waals surface area contributed by atoms with Gasteiger partial charge in [-0.05, 0) is 26.0 Å². The fraction of sp³-hybridized carbons (Fsp3) is 0.167. The summed E-state index contributed by atoms with van der Waals surface area (Å²) in [7, 11) is 0. The number of nitrogens with one attached hydrogen (secondary N) is 2. The molecule has 0 saturated carbocycles. The van der Waals surface area contributed by atoms with Gasteiger partial charge in [-0.1, -0.05) is 0 Å². The third-order valence-electron chi connectivity index (χ3n) is 2.77. The van der Waals surface area contributed by atoms with E-state index in [4.69, 9.17) is 0 Å². The number of benzene rings is 1. The summed E-state index contributed by atoms with van der Waals surface area (Å²) in [5, 5.41) is 20.0. The number of aromatic amines is 1. The number of nitrogens with zero attached hydrogens (tertiary/aromatic N) is 2. The van der Waals surface area contributed by atoms with Crippen LogP contribution in [0.15, 0.2) is 18.2 Å². The molecular weight excluding hydrogens is 267 g/mol. The van der Waals surface area contributed by atoms with E-state index in [2.05, 4.69) is 15.5 Å². The Bertz CT molecular complexity index is 677. The Morgan fingerprint density at radius 2 is 2.15 bits per heavy atom. The van der Waals surface area contributed by atoms with E-state index >= 15 is 0 Å². The molecular formula is C12H11FN4O3. The number of nitro benzene ring substituents is 1. The van der Waals surface area contributed by atoms with E-state index in [0.717, 1.165) is 12.1 Å². The molecule has 0 fully saturated rings. The lowest BCUT2D eigenvalue weighted by Crippen LogP contribution is -2.15. The molecule has 104 valence electrons. The molecule has 0 radical (unpaired) electrons. The number of hydrogen-bond donors (Lipinski definition) is 2. The normalized spacial score (nSPS) is 10.3. The largest absolute Gasteiger partial charge is 0.319 e. The summed E-state index contributed by atoms with van der Waals surface area (Å²) in [6.45, 7) is 3.38. The van der Waals surface area contributed by atoms with Crippen LogP contribution in [0.3, 0.4) is 0 Å². The zero-order chi connectivity index (χ0) is 14.9. The number of rotatable bonds is 3. The van der Waals surface area contributed by atoms with Gasteiger partial charge in [-0.2, -0.15) is 5.10 Å². The Kier molecular flexibility index (Phi) is 3.47. The number of anilines is 1. The summed E-state index contributed by atoms with van der Waals surface area (Å²) in [6.07, 6.45) is 0. The Morgan fingerprint density at radius 3 is 2.70 bits per heavy atom. The highest BCUT2D eigenvalue weighted by Crippen LogP contribution is 2.23. The van der Waals surface area contributed by atoms with Crippen molar-refractivity contribution >= 4 is 17.3 Å². The molecule has 1 amide bonds. The average molecular weight is 278 g/mol. The highest BCUT2D eigenvalue weighted by molar-refractivity contribution is 6.07. The van der Waals surface area contributed by atoms with Crippen LogP contribution in [0.1, 0.15) is 21.7 Å². The molecule has 1 heterocycles. The van der Waals surface area contributed by atoms with E-state index in [1.54, 1.807) is 13.8 Å². The van der Waals surface area contributed by atoms with Gasteiger partial charge in [-0.15, -0.1) is 0 Å². The fourth-order valence-corrected chi connectivity index (χ4v) is 1.76. The molecule has 2 rings (SSSR count). The van der Waals surface area contributed by atoms with Crippen molar-refractivity contribution < 1.29 is 14.1 Å². The second-order valence-electron chi connectivity index (χ2n) is 4.18. The lowest BCUT2D eigenvalue weighted by atomic mass is 10.1. The Hall–Kier alpha value is -2.77. The highest BCUT2D eigenvalue weighted by Gasteiger charge is 2.22. The number of aromatic nitrogens is 2. The lowest BCUT2D eigenvalue weighted by Gasteiger charge is -2.06. The summed E-state index contributed by atoms with van der Waals surface area (Å²) >= 11 is 0. The van der Waals surface area contributed by atoms with Crippen LogP contribution in [0.5, 0.6) is 0 Å². The van der Waals surface area contributed by atoms with Crippen molar-refractivity contribution in [3.8, 4) is 0 Å². The van der Waals surface area contributed by atoms with Crippen molar-refractivity contribution in [1.29, 1.82) is 0 Å². The third kappa shape index (κ3) is 2.48. The van der Waals surface area contributed by atoms with Crippen LogP contribution in [0.25, 0.3) is 0 Å². The summed E-state index contributed by atoms with van der Waals surface area (Å²) in [4.78, 5) is 22.1. The third-order valence-corrected chi connectivity index (χ3v) is 2.77. The van der Waals surface area contributed by atoms with Crippen LogP contribution >= 0.6 is 0 Å². The second kappa shape index (κ2) is 5.08. The molecule has 7 nitrogen and oxygen atoms in total. The van der Waals surface area contributed by atoms with E-state index in [-0.39, 0.29) is 5.56 Å². The average Bonchev–Trinajstić information content (AvgIpc) is 2.70. The standard InChI is InChI=1S/C12H11FN4O3/c1-6-11(7(2)16-15-6)14-12(18)9-4-3-8(13)5-10(9)17(19)20/h3-5H,1-2H3,(H,14,18)(H,15,16). The minimum atomic E-state index is -0.799. The number of nitro groups is 1. The molecule has 1 aromatic heterocycles. The SMILES string of the molecule is Cc1n[nH]c(C)c1NC(=O)c1ccc(F)cc1[N+](=O)[O-]. The molecule has 0 aliphatic heterocycles. The van der Waals surface area contributed by atoms with Crippen molar-refractivity contribution in [2.75, 3.05) is 5.32 Å². The predicted octanol–water partition coefficient (Wildman–Crippen LogP) is 2.33. The first-order chi connectivity index (χ1) is 9.40. The van der Waals surface area contributed by atoms with Gasteiger partial charge in [0.25, 0.3) is 11.6 Å². The van der Waals surface area contributed by atoms with E-state index in [0.29, 0.717) is 23.1 Å². The highest BCUT2D eigenvalue weighted by atomic mass is 19.1. The van der Waals surface area contributed by atoms with E-state index < -0.39 is 22.3 Å². The minimum Gasteiger partial charge on any atom is -0.319 e. The maximum Gasteiger partial charge on any atom is 0.285 e. The number of amides is 1. The first-order valence-electron chi connectivity index (χ1n) is 5.67. The molecule has 2 aromatic rings. The van der Waals surface area contributed by atoms with Crippen LogP contribution in [-0.2, 0) is 0 Å². The fourth-order valence-electron chi connectivity index (χ4n) is 1.76. The van der Waals surface area contributed by atoms with Gasteiger partial charge in [0, 0.05) is 0 Å². The first-order valence-corrected chi connectivity index (χ1v) is 5.67. The Morgan fingerprint density at radius 1 is 1.45 bits per heavy atom. The summed E-state index contributed by atoms with van der Waals surface area (Å²) in [5.74, 6) is -1.46. The van der Waals surface area contributed by atoms with E-state index in [1.807, 2.05) is 0 Å². The van der Waals surface area contributed by atoms with Crippen molar-refractivity contribution in [2.24, 2.45) is 0 Å². The summed E-state index contributed by atoms with van der Waals surface area (Å²) in [5.41, 5.74) is 0.840. The maximum atomic E-state index is 13.0. The van der Waals surface area contributed by atoms with Gasteiger partial charge < -0.3 is 5.32 Å². The van der Waals surface area contributed by atoms with Crippen molar-refractivity contribution in [1.82, 2.24) is 10.2 Å². The molecule has 2 N–H and O–H groups in total. The van der Waals surface area contributed by atoms with Gasteiger partial charge in [0.1, 0.15) is 11.4 Å². The van der Waals surface area contributed by atoms with Gasteiger partial charge in [0.15, 0.2) is 0 Å². The monoisotopic (exact) mass is 278 g/mol. The summed E-state index contributed by atoms with van der Waals surface area (Å²) < 4.78 is 13.0. The maximum absolute atomic E-state index is 13.0. The lowest BCUT2D eigenvalue weighted by molar-refractivity contribution is -0.385. The zero-order valence-corrected chi connectivity index (χ0v) is 10.7. The van der Waals surface area contributed by atoms with Gasteiger partial charge in [0.05, 0.1) is 28.1 Å². The smallest absolute Gasteiger partial charge is 0.285 e. The second-order valence-corrected chi connectivity index (χ2v) is 4.18. The van der Waals surface area contributed by atoms with Crippen LogP contribution in [-0.4, -0.2) is 21.0 Å². The molecule has 0 aliphatic carbocycles. The molecule has 0 atom stereocenters. The Labute approximate surface area is 113 Å². The topological polar surface area (TPSA) is 101 Å². The molecule has 0 saturated heterocycles. The number of carbonyl (C=O) groups excluding carboxylic acids is 1. The summed E-state index contributed by atoms with van der Waals surface area (Å²) in [6, 6.07) is 2.79.